The summed E-state index contributed by atoms with van der Waals surface area (Å²) in [5.41, 5.74) is 7.75. The van der Waals surface area contributed by atoms with Gasteiger partial charge in [-0.3, -0.25) is 0 Å². The maximum absolute atomic E-state index is 5.63. The Morgan fingerprint density at radius 1 is 1.40 bits per heavy atom. The minimum Gasteiger partial charge on any atom is -0.375 e. The summed E-state index contributed by atoms with van der Waals surface area (Å²) in [4.78, 5) is 8.60. The van der Waals surface area contributed by atoms with Gasteiger partial charge < -0.3 is 5.73 Å². The maximum atomic E-state index is 5.63. The highest BCUT2D eigenvalue weighted by Crippen LogP contribution is 2.33. The first-order valence-electron chi connectivity index (χ1n) is 4.42. The van der Waals surface area contributed by atoms with E-state index in [-0.39, 0.29) is 0 Å². The van der Waals surface area contributed by atoms with E-state index < -0.39 is 0 Å². The molecule has 0 aromatic carbocycles. The smallest absolute Gasteiger partial charge is 0.181 e. The second kappa shape index (κ2) is 4.51. The Bertz CT molecular complexity index is 461. The van der Waals surface area contributed by atoms with E-state index in [4.69, 9.17) is 5.73 Å². The standard InChI is InChI=1S/C9H11N3S3/c1-5-3-13-7(11-5)4-14-8-6(2)12-9(10)15-8/h3H,4H2,1-2H3,(H2,10,12). The van der Waals surface area contributed by atoms with E-state index >= 15 is 0 Å². The topological polar surface area (TPSA) is 51.8 Å². The number of aromatic nitrogens is 2. The van der Waals surface area contributed by atoms with Gasteiger partial charge in [0, 0.05) is 11.1 Å². The van der Waals surface area contributed by atoms with Crippen LogP contribution < -0.4 is 5.73 Å². The Morgan fingerprint density at radius 2 is 2.20 bits per heavy atom. The normalized spacial score (nSPS) is 10.8. The Kier molecular flexibility index (Phi) is 3.28. The van der Waals surface area contributed by atoms with Crippen molar-refractivity contribution in [3.8, 4) is 0 Å². The van der Waals surface area contributed by atoms with Gasteiger partial charge in [0.2, 0.25) is 0 Å². The molecule has 2 rings (SSSR count). The molecule has 2 N–H and O–H groups in total. The molecule has 0 saturated carbocycles. The third-order valence-electron chi connectivity index (χ3n) is 1.76. The Morgan fingerprint density at radius 3 is 2.73 bits per heavy atom. The SMILES string of the molecule is Cc1csc(CSc2sc(N)nc2C)n1. The van der Waals surface area contributed by atoms with Crippen LogP contribution in [0, 0.1) is 13.8 Å². The molecule has 0 amide bonds. The van der Waals surface area contributed by atoms with E-state index in [1.165, 1.54) is 4.21 Å². The van der Waals surface area contributed by atoms with Gasteiger partial charge in [0.1, 0.15) is 5.01 Å². The van der Waals surface area contributed by atoms with Gasteiger partial charge in [-0.15, -0.1) is 23.1 Å². The van der Waals surface area contributed by atoms with Crippen molar-refractivity contribution < 1.29 is 0 Å². The molecule has 0 spiro atoms. The molecule has 15 heavy (non-hydrogen) atoms. The fraction of sp³-hybridized carbons (Fsp3) is 0.333. The van der Waals surface area contributed by atoms with Gasteiger partial charge in [0.25, 0.3) is 0 Å². The minimum atomic E-state index is 0.644. The van der Waals surface area contributed by atoms with Crippen LogP contribution in [0.5, 0.6) is 0 Å². The van der Waals surface area contributed by atoms with Gasteiger partial charge in [0.05, 0.1) is 15.7 Å². The summed E-state index contributed by atoms with van der Waals surface area (Å²) >= 11 is 5.01. The lowest BCUT2D eigenvalue weighted by Gasteiger charge is -1.94. The molecule has 3 nitrogen and oxygen atoms in total. The van der Waals surface area contributed by atoms with Crippen molar-refractivity contribution in [1.29, 1.82) is 0 Å². The van der Waals surface area contributed by atoms with E-state index in [1.54, 1.807) is 34.4 Å². The number of hydrogen-bond acceptors (Lipinski definition) is 6. The van der Waals surface area contributed by atoms with Crippen molar-refractivity contribution in [2.45, 2.75) is 23.8 Å². The van der Waals surface area contributed by atoms with E-state index in [0.717, 1.165) is 22.1 Å². The first-order valence-corrected chi connectivity index (χ1v) is 7.10. The molecule has 0 aliphatic rings. The number of thiazole rings is 2. The Labute approximate surface area is 101 Å². The molecule has 2 aromatic rings. The summed E-state index contributed by atoms with van der Waals surface area (Å²) in [7, 11) is 0. The van der Waals surface area contributed by atoms with Crippen LogP contribution in [-0.2, 0) is 5.75 Å². The molecule has 2 heterocycles. The molecule has 0 unspecified atom stereocenters. The van der Waals surface area contributed by atoms with Crippen LogP contribution >= 0.6 is 34.4 Å². The van der Waals surface area contributed by atoms with Crippen LogP contribution in [0.4, 0.5) is 5.13 Å². The fourth-order valence-electron chi connectivity index (χ4n) is 1.13. The average Bonchev–Trinajstić information content (AvgIpc) is 2.70. The third-order valence-corrected chi connectivity index (χ3v) is 5.27. The highest BCUT2D eigenvalue weighted by Gasteiger charge is 2.07. The second-order valence-corrected chi connectivity index (χ2v) is 6.31. The van der Waals surface area contributed by atoms with Gasteiger partial charge in [0.15, 0.2) is 5.13 Å². The second-order valence-electron chi connectivity index (χ2n) is 3.10. The van der Waals surface area contributed by atoms with E-state index in [0.29, 0.717) is 5.13 Å². The zero-order valence-corrected chi connectivity index (χ0v) is 10.9. The molecule has 0 atom stereocenters. The van der Waals surface area contributed by atoms with Gasteiger partial charge in [-0.25, -0.2) is 9.97 Å². The highest BCUT2D eigenvalue weighted by atomic mass is 32.2. The number of nitrogens with zero attached hydrogens (tertiary/aromatic N) is 2. The predicted octanol–water partition coefficient (Wildman–Crippen LogP) is 3.09. The lowest BCUT2D eigenvalue weighted by atomic mass is 10.6. The van der Waals surface area contributed by atoms with Gasteiger partial charge in [-0.1, -0.05) is 11.3 Å². The molecule has 0 fully saturated rings. The first kappa shape index (κ1) is 10.9. The predicted molar refractivity (Wildman–Crippen MR) is 67.7 cm³/mol. The number of nitrogen functional groups attached to an aromatic ring is 1. The summed E-state index contributed by atoms with van der Waals surface area (Å²) < 4.78 is 1.19. The number of hydrogen-bond donors (Lipinski definition) is 1. The summed E-state index contributed by atoms with van der Waals surface area (Å²) in [6, 6.07) is 0. The Balaban J connectivity index is 2.01. The monoisotopic (exact) mass is 257 g/mol. The van der Waals surface area contributed by atoms with Crippen LogP contribution in [-0.4, -0.2) is 9.97 Å². The van der Waals surface area contributed by atoms with Gasteiger partial charge in [-0.2, -0.15) is 0 Å². The molecule has 0 radical (unpaired) electrons. The lowest BCUT2D eigenvalue weighted by Crippen LogP contribution is -1.81. The van der Waals surface area contributed by atoms with Crippen molar-refractivity contribution in [1.82, 2.24) is 9.97 Å². The number of anilines is 1. The molecule has 2 aromatic heterocycles. The highest BCUT2D eigenvalue weighted by molar-refractivity contribution is 8.00. The first-order chi connectivity index (χ1) is 7.15. The molecular weight excluding hydrogens is 246 g/mol. The summed E-state index contributed by atoms with van der Waals surface area (Å²) in [6.07, 6.45) is 0. The van der Waals surface area contributed by atoms with Crippen LogP contribution in [0.25, 0.3) is 0 Å². The zero-order chi connectivity index (χ0) is 10.8. The molecular formula is C9H11N3S3. The zero-order valence-electron chi connectivity index (χ0n) is 8.48. The van der Waals surface area contributed by atoms with Gasteiger partial charge >= 0.3 is 0 Å². The quantitative estimate of drug-likeness (QED) is 0.858. The number of rotatable bonds is 3. The van der Waals surface area contributed by atoms with Crippen LogP contribution in [0.3, 0.4) is 0 Å². The molecule has 0 aliphatic carbocycles. The van der Waals surface area contributed by atoms with E-state index in [2.05, 4.69) is 15.3 Å². The maximum Gasteiger partial charge on any atom is 0.181 e. The van der Waals surface area contributed by atoms with E-state index in [1.807, 2.05) is 13.8 Å². The fourth-order valence-corrected chi connectivity index (χ4v) is 3.95. The van der Waals surface area contributed by atoms with Gasteiger partial charge in [-0.05, 0) is 13.8 Å². The Hall–Kier alpha value is -0.590. The number of nitrogens with two attached hydrogens (primary N) is 1. The molecule has 80 valence electrons. The third kappa shape index (κ3) is 2.70. The van der Waals surface area contributed by atoms with Crippen LogP contribution in [0.1, 0.15) is 16.4 Å². The summed E-state index contributed by atoms with van der Waals surface area (Å²) in [5.74, 6) is 0.904. The largest absolute Gasteiger partial charge is 0.375 e. The summed E-state index contributed by atoms with van der Waals surface area (Å²) in [5, 5.41) is 3.87. The van der Waals surface area contributed by atoms with Crippen molar-refractivity contribution in [3.63, 3.8) is 0 Å². The average molecular weight is 257 g/mol. The molecule has 0 aliphatic heterocycles. The van der Waals surface area contributed by atoms with Crippen LogP contribution in [0.2, 0.25) is 0 Å². The van der Waals surface area contributed by atoms with E-state index in [9.17, 15) is 0 Å². The van der Waals surface area contributed by atoms with Crippen molar-refractivity contribution in [2.24, 2.45) is 0 Å². The van der Waals surface area contributed by atoms with Crippen molar-refractivity contribution in [2.75, 3.05) is 5.73 Å². The molecule has 6 heteroatoms. The molecule has 0 saturated heterocycles. The minimum absolute atomic E-state index is 0.644. The lowest BCUT2D eigenvalue weighted by molar-refractivity contribution is 1.18. The van der Waals surface area contributed by atoms with Crippen molar-refractivity contribution in [3.05, 3.63) is 21.8 Å². The number of thioether (sulfide) groups is 1. The molecule has 0 bridgehead atoms. The van der Waals surface area contributed by atoms with Crippen molar-refractivity contribution >= 4 is 39.6 Å². The number of aryl methyl sites for hydroxylation is 2. The summed E-state index contributed by atoms with van der Waals surface area (Å²) in [6.45, 7) is 4.00. The van der Waals surface area contributed by atoms with Crippen LogP contribution in [0.15, 0.2) is 9.59 Å².